The zero-order chi connectivity index (χ0) is 18.4. The average molecular weight is 362 g/mol. The van der Waals surface area contributed by atoms with E-state index in [-0.39, 0.29) is 5.91 Å². The highest BCUT2D eigenvalue weighted by Gasteiger charge is 2.15. The first-order valence-corrected chi connectivity index (χ1v) is 9.45. The van der Waals surface area contributed by atoms with Gasteiger partial charge < -0.3 is 14.6 Å². The maximum atomic E-state index is 12.2. The van der Waals surface area contributed by atoms with Gasteiger partial charge in [-0.05, 0) is 51.8 Å². The fourth-order valence-corrected chi connectivity index (χ4v) is 3.27. The molecule has 1 aromatic heterocycles. The lowest BCUT2D eigenvalue weighted by Crippen LogP contribution is -2.37. The molecule has 0 aliphatic heterocycles. The van der Waals surface area contributed by atoms with Gasteiger partial charge in [0.25, 0.3) is 5.91 Å². The summed E-state index contributed by atoms with van der Waals surface area (Å²) in [5.41, 5.74) is 2.13. The first-order valence-electron chi connectivity index (χ1n) is 8.46. The molecule has 0 aliphatic carbocycles. The molecule has 0 saturated carbocycles. The minimum Gasteiger partial charge on any atom is -0.481 e. The number of hydrogen-bond acceptors (Lipinski definition) is 5. The van der Waals surface area contributed by atoms with Crippen molar-refractivity contribution in [2.45, 2.75) is 52.4 Å². The molecule has 0 aliphatic rings. The number of carbonyl (C=O) groups excluding carboxylic acids is 1. The summed E-state index contributed by atoms with van der Waals surface area (Å²) in [6, 6.07) is 5.98. The van der Waals surface area contributed by atoms with E-state index in [1.54, 1.807) is 18.7 Å². The van der Waals surface area contributed by atoms with Crippen LogP contribution in [0, 0.1) is 20.8 Å². The number of hydrogen-bond donors (Lipinski definition) is 1. The molecule has 7 heteroatoms. The van der Waals surface area contributed by atoms with Gasteiger partial charge in [0.2, 0.25) is 0 Å². The number of benzene rings is 1. The first-order chi connectivity index (χ1) is 11.9. The first kappa shape index (κ1) is 19.3. The fraction of sp³-hybridized carbons (Fsp3) is 0.500. The fourth-order valence-electron chi connectivity index (χ4n) is 2.37. The Labute approximate surface area is 153 Å². The Hall–Kier alpha value is -2.02. The number of amides is 1. The zero-order valence-electron chi connectivity index (χ0n) is 15.5. The Morgan fingerprint density at radius 3 is 2.80 bits per heavy atom. The van der Waals surface area contributed by atoms with Crippen molar-refractivity contribution in [3.8, 4) is 5.75 Å². The summed E-state index contributed by atoms with van der Waals surface area (Å²) in [6.45, 7) is 11.1. The van der Waals surface area contributed by atoms with Crippen molar-refractivity contribution in [2.75, 3.05) is 12.3 Å². The predicted octanol–water partition coefficient (Wildman–Crippen LogP) is 2.90. The van der Waals surface area contributed by atoms with Gasteiger partial charge >= 0.3 is 0 Å². The Balaban J connectivity index is 1.78. The van der Waals surface area contributed by atoms with Crippen LogP contribution < -0.4 is 10.1 Å². The van der Waals surface area contributed by atoms with Crippen LogP contribution in [0.1, 0.15) is 30.8 Å². The van der Waals surface area contributed by atoms with E-state index in [9.17, 15) is 4.79 Å². The lowest BCUT2D eigenvalue weighted by molar-refractivity contribution is -0.127. The Kier molecular flexibility index (Phi) is 6.87. The van der Waals surface area contributed by atoms with Crippen LogP contribution in [-0.4, -0.2) is 39.1 Å². The minimum atomic E-state index is -0.535. The van der Waals surface area contributed by atoms with E-state index in [4.69, 9.17) is 4.74 Å². The lowest BCUT2D eigenvalue weighted by atomic mass is 10.1. The van der Waals surface area contributed by atoms with E-state index in [0.29, 0.717) is 6.54 Å². The summed E-state index contributed by atoms with van der Waals surface area (Å²) < 4.78 is 7.85. The second-order valence-corrected chi connectivity index (χ2v) is 7.00. The monoisotopic (exact) mass is 362 g/mol. The molecule has 0 radical (unpaired) electrons. The molecule has 1 N–H and O–H groups in total. The number of nitrogens with one attached hydrogen (secondary N) is 1. The summed E-state index contributed by atoms with van der Waals surface area (Å²) in [4.78, 5) is 12.2. The number of carbonyl (C=O) groups is 1. The van der Waals surface area contributed by atoms with Crippen LogP contribution in [0.5, 0.6) is 5.75 Å². The standard InChI is InChI=1S/C18H26N4O2S/c1-6-22-15(5)20-21-18(22)25-10-9-19-17(23)14(4)24-16-11-12(2)7-8-13(16)3/h7-8,11,14H,6,9-10H2,1-5H3,(H,19,23)/t14-/m0/s1. The quantitative estimate of drug-likeness (QED) is 0.578. The average Bonchev–Trinajstić information content (AvgIpc) is 2.94. The largest absolute Gasteiger partial charge is 0.481 e. The van der Waals surface area contributed by atoms with E-state index < -0.39 is 6.10 Å². The molecule has 136 valence electrons. The van der Waals surface area contributed by atoms with Crippen LogP contribution in [0.4, 0.5) is 0 Å². The lowest BCUT2D eigenvalue weighted by Gasteiger charge is -2.16. The number of thioether (sulfide) groups is 1. The molecule has 0 saturated heterocycles. The van der Waals surface area contributed by atoms with Crippen molar-refractivity contribution < 1.29 is 9.53 Å². The Morgan fingerprint density at radius 1 is 1.32 bits per heavy atom. The van der Waals surface area contributed by atoms with Gasteiger partial charge in [0.05, 0.1) is 0 Å². The number of nitrogens with zero attached hydrogens (tertiary/aromatic N) is 3. The van der Waals surface area contributed by atoms with E-state index >= 15 is 0 Å². The summed E-state index contributed by atoms with van der Waals surface area (Å²) >= 11 is 1.59. The molecule has 25 heavy (non-hydrogen) atoms. The highest BCUT2D eigenvalue weighted by Crippen LogP contribution is 2.20. The minimum absolute atomic E-state index is 0.116. The van der Waals surface area contributed by atoms with Gasteiger partial charge in [0.1, 0.15) is 11.6 Å². The Bertz CT molecular complexity index is 730. The van der Waals surface area contributed by atoms with Gasteiger partial charge in [-0.2, -0.15) is 0 Å². The summed E-state index contributed by atoms with van der Waals surface area (Å²) in [5, 5.41) is 12.0. The van der Waals surface area contributed by atoms with Crippen molar-refractivity contribution in [2.24, 2.45) is 0 Å². The Morgan fingerprint density at radius 2 is 2.08 bits per heavy atom. The third-order valence-corrected chi connectivity index (χ3v) is 4.84. The smallest absolute Gasteiger partial charge is 0.260 e. The van der Waals surface area contributed by atoms with Crippen LogP contribution in [0.15, 0.2) is 23.4 Å². The van der Waals surface area contributed by atoms with Gasteiger partial charge in [-0.25, -0.2) is 0 Å². The van der Waals surface area contributed by atoms with Crippen LogP contribution in [-0.2, 0) is 11.3 Å². The normalized spacial score (nSPS) is 12.0. The van der Waals surface area contributed by atoms with Gasteiger partial charge in [0.15, 0.2) is 11.3 Å². The van der Waals surface area contributed by atoms with Gasteiger partial charge in [0, 0.05) is 18.8 Å². The van der Waals surface area contributed by atoms with Crippen molar-refractivity contribution in [1.82, 2.24) is 20.1 Å². The molecule has 6 nitrogen and oxygen atoms in total. The zero-order valence-corrected chi connectivity index (χ0v) is 16.3. The molecule has 0 fully saturated rings. The van der Waals surface area contributed by atoms with Crippen molar-refractivity contribution >= 4 is 17.7 Å². The molecule has 2 rings (SSSR count). The summed E-state index contributed by atoms with van der Waals surface area (Å²) in [5.74, 6) is 2.28. The highest BCUT2D eigenvalue weighted by molar-refractivity contribution is 7.99. The second-order valence-electron chi connectivity index (χ2n) is 5.94. The molecule has 1 aromatic carbocycles. The third-order valence-electron chi connectivity index (χ3n) is 3.87. The summed E-state index contributed by atoms with van der Waals surface area (Å²) in [7, 11) is 0. The van der Waals surface area contributed by atoms with E-state index in [2.05, 4.69) is 27.0 Å². The SMILES string of the molecule is CCn1c(C)nnc1SCCNC(=O)[C@H](C)Oc1cc(C)ccc1C. The molecular formula is C18H26N4O2S. The second kappa shape index (κ2) is 8.89. The van der Waals surface area contributed by atoms with Crippen molar-refractivity contribution in [3.63, 3.8) is 0 Å². The van der Waals surface area contributed by atoms with Crippen molar-refractivity contribution in [1.29, 1.82) is 0 Å². The molecule has 1 amide bonds. The van der Waals surface area contributed by atoms with Crippen molar-refractivity contribution in [3.05, 3.63) is 35.2 Å². The molecular weight excluding hydrogens is 336 g/mol. The van der Waals surface area contributed by atoms with E-state index in [1.807, 2.05) is 39.0 Å². The number of aryl methyl sites for hydroxylation is 3. The van der Waals surface area contributed by atoms with Crippen LogP contribution in [0.25, 0.3) is 0 Å². The number of ether oxygens (including phenoxy) is 1. The van der Waals surface area contributed by atoms with E-state index in [1.165, 1.54) is 0 Å². The summed E-state index contributed by atoms with van der Waals surface area (Å²) in [6.07, 6.45) is -0.535. The number of aromatic nitrogens is 3. The van der Waals surface area contributed by atoms with Gasteiger partial charge in [-0.1, -0.05) is 23.9 Å². The molecule has 0 spiro atoms. The molecule has 1 atom stereocenters. The molecule has 0 unspecified atom stereocenters. The molecule has 2 aromatic rings. The van der Waals surface area contributed by atoms with Crippen LogP contribution >= 0.6 is 11.8 Å². The van der Waals surface area contributed by atoms with Crippen LogP contribution in [0.2, 0.25) is 0 Å². The predicted molar refractivity (Wildman–Crippen MR) is 100 cm³/mol. The van der Waals surface area contributed by atoms with Gasteiger partial charge in [-0.15, -0.1) is 10.2 Å². The maximum Gasteiger partial charge on any atom is 0.260 e. The molecule has 1 heterocycles. The topological polar surface area (TPSA) is 69.0 Å². The van der Waals surface area contributed by atoms with Crippen LogP contribution in [0.3, 0.4) is 0 Å². The maximum absolute atomic E-state index is 12.2. The molecule has 0 bridgehead atoms. The highest BCUT2D eigenvalue weighted by atomic mass is 32.2. The van der Waals surface area contributed by atoms with E-state index in [0.717, 1.165) is 40.2 Å². The van der Waals surface area contributed by atoms with Gasteiger partial charge in [-0.3, -0.25) is 4.79 Å². The third kappa shape index (κ3) is 5.22. The number of rotatable bonds is 8.